The fourth-order valence-corrected chi connectivity index (χ4v) is 2.30. The molecular weight excluding hydrogens is 221 g/mol. The van der Waals surface area contributed by atoms with Crippen molar-refractivity contribution in [2.24, 2.45) is 5.73 Å². The van der Waals surface area contributed by atoms with Crippen molar-refractivity contribution in [1.82, 2.24) is 0 Å². The maximum absolute atomic E-state index is 6.09. The van der Waals surface area contributed by atoms with E-state index in [1.807, 2.05) is 6.07 Å². The molecule has 0 fully saturated rings. The van der Waals surface area contributed by atoms with Crippen molar-refractivity contribution < 1.29 is 4.74 Å². The van der Waals surface area contributed by atoms with Gasteiger partial charge in [0.15, 0.2) is 0 Å². The summed E-state index contributed by atoms with van der Waals surface area (Å²) in [5.74, 6) is 0. The summed E-state index contributed by atoms with van der Waals surface area (Å²) >= 11 is 12.0. The zero-order valence-corrected chi connectivity index (χ0v) is 9.11. The van der Waals surface area contributed by atoms with Gasteiger partial charge in [0.1, 0.15) is 0 Å². The van der Waals surface area contributed by atoms with Gasteiger partial charge in [-0.05, 0) is 29.7 Å². The van der Waals surface area contributed by atoms with Crippen LogP contribution < -0.4 is 5.73 Å². The number of halogens is 2. The number of hydrogen-bond donors (Lipinski definition) is 1. The van der Waals surface area contributed by atoms with Gasteiger partial charge in [-0.3, -0.25) is 0 Å². The SMILES string of the molecule is NC1COCCc2c(Cl)cc(Cl)cc21. The first kappa shape index (κ1) is 10.2. The minimum Gasteiger partial charge on any atom is -0.379 e. The zero-order valence-electron chi connectivity index (χ0n) is 7.59. The first-order chi connectivity index (χ1) is 6.68. The van der Waals surface area contributed by atoms with E-state index in [1.54, 1.807) is 6.07 Å². The third-order valence-corrected chi connectivity index (χ3v) is 2.94. The van der Waals surface area contributed by atoms with E-state index in [0.29, 0.717) is 23.3 Å². The molecule has 0 bridgehead atoms. The van der Waals surface area contributed by atoms with Gasteiger partial charge in [0.25, 0.3) is 0 Å². The average molecular weight is 232 g/mol. The lowest BCUT2D eigenvalue weighted by molar-refractivity contribution is 0.131. The monoisotopic (exact) mass is 231 g/mol. The highest BCUT2D eigenvalue weighted by molar-refractivity contribution is 6.35. The molecule has 4 heteroatoms. The predicted molar refractivity (Wildman–Crippen MR) is 57.9 cm³/mol. The molecular formula is C10H11Cl2NO. The van der Waals surface area contributed by atoms with Crippen LogP contribution in [0.4, 0.5) is 0 Å². The second-order valence-electron chi connectivity index (χ2n) is 3.39. The number of ether oxygens (including phenoxy) is 1. The van der Waals surface area contributed by atoms with Gasteiger partial charge >= 0.3 is 0 Å². The smallest absolute Gasteiger partial charge is 0.0659 e. The highest BCUT2D eigenvalue weighted by Crippen LogP contribution is 2.30. The van der Waals surface area contributed by atoms with E-state index >= 15 is 0 Å². The lowest BCUT2D eigenvalue weighted by Gasteiger charge is -2.13. The Morgan fingerprint density at radius 2 is 2.14 bits per heavy atom. The van der Waals surface area contributed by atoms with Gasteiger partial charge in [-0.15, -0.1) is 0 Å². The van der Waals surface area contributed by atoms with E-state index in [9.17, 15) is 0 Å². The molecule has 0 aliphatic carbocycles. The number of rotatable bonds is 0. The normalized spacial score (nSPS) is 21.5. The molecule has 1 aromatic carbocycles. The topological polar surface area (TPSA) is 35.2 Å². The lowest BCUT2D eigenvalue weighted by atomic mass is 10.0. The molecule has 2 rings (SSSR count). The minimum atomic E-state index is -0.122. The highest BCUT2D eigenvalue weighted by atomic mass is 35.5. The van der Waals surface area contributed by atoms with Crippen LogP contribution in [0.3, 0.4) is 0 Å². The molecule has 0 aromatic heterocycles. The Bertz CT molecular complexity index is 354. The summed E-state index contributed by atoms with van der Waals surface area (Å²) in [6, 6.07) is 3.51. The Morgan fingerprint density at radius 3 is 2.93 bits per heavy atom. The molecule has 1 aromatic rings. The van der Waals surface area contributed by atoms with Crippen LogP contribution in [0.2, 0.25) is 10.0 Å². The molecule has 1 heterocycles. The molecule has 0 spiro atoms. The highest BCUT2D eigenvalue weighted by Gasteiger charge is 2.18. The van der Waals surface area contributed by atoms with Gasteiger partial charge in [0.2, 0.25) is 0 Å². The molecule has 1 atom stereocenters. The summed E-state index contributed by atoms with van der Waals surface area (Å²) in [5.41, 5.74) is 8.03. The number of nitrogens with two attached hydrogens (primary N) is 1. The van der Waals surface area contributed by atoms with E-state index in [-0.39, 0.29) is 6.04 Å². The van der Waals surface area contributed by atoms with Crippen molar-refractivity contribution in [3.63, 3.8) is 0 Å². The van der Waals surface area contributed by atoms with Gasteiger partial charge in [-0.1, -0.05) is 23.2 Å². The van der Waals surface area contributed by atoms with E-state index < -0.39 is 0 Å². The van der Waals surface area contributed by atoms with Crippen molar-refractivity contribution in [2.45, 2.75) is 12.5 Å². The second kappa shape index (κ2) is 4.07. The van der Waals surface area contributed by atoms with Crippen molar-refractivity contribution in [3.05, 3.63) is 33.3 Å². The Kier molecular flexibility index (Phi) is 2.98. The molecule has 1 aliphatic heterocycles. The molecule has 1 unspecified atom stereocenters. The first-order valence-electron chi connectivity index (χ1n) is 4.49. The molecule has 14 heavy (non-hydrogen) atoms. The van der Waals surface area contributed by atoms with Gasteiger partial charge in [0.05, 0.1) is 19.3 Å². The van der Waals surface area contributed by atoms with Crippen LogP contribution in [-0.2, 0) is 11.2 Å². The predicted octanol–water partition coefficient (Wildman–Crippen LogP) is 2.57. The summed E-state index contributed by atoms with van der Waals surface area (Å²) < 4.78 is 5.36. The maximum atomic E-state index is 6.09. The molecule has 0 saturated carbocycles. The Labute approximate surface area is 92.9 Å². The number of hydrogen-bond acceptors (Lipinski definition) is 2. The summed E-state index contributed by atoms with van der Waals surface area (Å²) in [7, 11) is 0. The average Bonchev–Trinajstić information content (AvgIpc) is 2.29. The number of fused-ring (bicyclic) bond motifs is 1. The lowest BCUT2D eigenvalue weighted by Crippen LogP contribution is -2.16. The van der Waals surface area contributed by atoms with Gasteiger partial charge in [-0.2, -0.15) is 0 Å². The minimum absolute atomic E-state index is 0.122. The van der Waals surface area contributed by atoms with Crippen LogP contribution in [0.5, 0.6) is 0 Å². The molecule has 1 aliphatic rings. The summed E-state index contributed by atoms with van der Waals surface area (Å²) in [6.45, 7) is 1.20. The summed E-state index contributed by atoms with van der Waals surface area (Å²) in [4.78, 5) is 0. The summed E-state index contributed by atoms with van der Waals surface area (Å²) in [5, 5.41) is 1.32. The Hall–Kier alpha value is -0.280. The van der Waals surface area contributed by atoms with E-state index in [2.05, 4.69) is 0 Å². The van der Waals surface area contributed by atoms with Crippen molar-refractivity contribution in [2.75, 3.05) is 13.2 Å². The van der Waals surface area contributed by atoms with Crippen LogP contribution in [0.25, 0.3) is 0 Å². The van der Waals surface area contributed by atoms with Gasteiger partial charge in [-0.25, -0.2) is 0 Å². The summed E-state index contributed by atoms with van der Waals surface area (Å²) in [6.07, 6.45) is 0.805. The van der Waals surface area contributed by atoms with Crippen LogP contribution in [0, 0.1) is 0 Å². The largest absolute Gasteiger partial charge is 0.379 e. The molecule has 76 valence electrons. The van der Waals surface area contributed by atoms with Crippen LogP contribution in [-0.4, -0.2) is 13.2 Å². The van der Waals surface area contributed by atoms with Gasteiger partial charge in [0, 0.05) is 10.0 Å². The van der Waals surface area contributed by atoms with Crippen LogP contribution in [0.1, 0.15) is 17.2 Å². The van der Waals surface area contributed by atoms with Crippen molar-refractivity contribution in [3.8, 4) is 0 Å². The number of benzene rings is 1. The molecule has 0 amide bonds. The van der Waals surface area contributed by atoms with Crippen LogP contribution >= 0.6 is 23.2 Å². The van der Waals surface area contributed by atoms with E-state index in [0.717, 1.165) is 17.5 Å². The van der Waals surface area contributed by atoms with Crippen molar-refractivity contribution >= 4 is 23.2 Å². The fourth-order valence-electron chi connectivity index (χ4n) is 1.69. The molecule has 0 saturated heterocycles. The first-order valence-corrected chi connectivity index (χ1v) is 5.25. The van der Waals surface area contributed by atoms with E-state index in [4.69, 9.17) is 33.7 Å². The zero-order chi connectivity index (χ0) is 10.1. The Balaban J connectivity index is 2.53. The maximum Gasteiger partial charge on any atom is 0.0659 e. The third-order valence-electron chi connectivity index (χ3n) is 2.39. The molecule has 2 nitrogen and oxygen atoms in total. The third kappa shape index (κ3) is 1.89. The van der Waals surface area contributed by atoms with E-state index in [1.165, 1.54) is 0 Å². The van der Waals surface area contributed by atoms with Gasteiger partial charge < -0.3 is 10.5 Å². The standard InChI is InChI=1S/C10H11Cl2NO/c11-6-3-8-7(9(12)4-6)1-2-14-5-10(8)13/h3-4,10H,1-2,5,13H2. The second-order valence-corrected chi connectivity index (χ2v) is 4.23. The Morgan fingerprint density at radius 1 is 1.36 bits per heavy atom. The molecule has 2 N–H and O–H groups in total. The fraction of sp³-hybridized carbons (Fsp3) is 0.400. The van der Waals surface area contributed by atoms with Crippen molar-refractivity contribution in [1.29, 1.82) is 0 Å². The van der Waals surface area contributed by atoms with Crippen LogP contribution in [0.15, 0.2) is 12.1 Å². The molecule has 0 radical (unpaired) electrons. The quantitative estimate of drug-likeness (QED) is 0.746.